The Bertz CT molecular complexity index is 600. The first-order valence-corrected chi connectivity index (χ1v) is 8.90. The first kappa shape index (κ1) is 14.7. The normalized spacial score (nSPS) is 28.5. The largest absolute Gasteiger partial charge is 0.379 e. The molecular weight excluding hydrogens is 304 g/mol. The second-order valence-electron chi connectivity index (χ2n) is 6.72. The summed E-state index contributed by atoms with van der Waals surface area (Å²) < 4.78 is 16.0. The number of hydrogen-bond donors (Lipinski definition) is 0. The third-order valence-corrected chi connectivity index (χ3v) is 5.46. The Morgan fingerprint density at radius 1 is 0.667 bits per heavy atom. The van der Waals surface area contributed by atoms with Gasteiger partial charge >= 0.3 is 0 Å². The summed E-state index contributed by atoms with van der Waals surface area (Å²) in [5, 5.41) is 0. The van der Waals surface area contributed by atoms with E-state index in [2.05, 4.69) is 55.6 Å². The molecule has 0 saturated carbocycles. The van der Waals surface area contributed by atoms with Crippen LogP contribution in [0.5, 0.6) is 0 Å². The lowest BCUT2D eigenvalue weighted by Gasteiger charge is -2.45. The molecule has 3 aliphatic heterocycles. The second kappa shape index (κ2) is 6.04. The Hall–Kier alpha value is -1.60. The summed E-state index contributed by atoms with van der Waals surface area (Å²) >= 11 is 0. The molecule has 0 bridgehead atoms. The van der Waals surface area contributed by atoms with E-state index in [4.69, 9.17) is 9.47 Å². The lowest BCUT2D eigenvalue weighted by Crippen LogP contribution is -2.49. The zero-order chi connectivity index (χ0) is 15.9. The number of fused-ring (bicyclic) bond motifs is 2. The molecule has 0 spiro atoms. The van der Waals surface area contributed by atoms with Crippen molar-refractivity contribution in [2.75, 3.05) is 52.6 Å². The molecule has 0 radical (unpaired) electrons. The average Bonchev–Trinajstić information content (AvgIpc) is 3.30. The fourth-order valence-electron chi connectivity index (χ4n) is 4.35. The van der Waals surface area contributed by atoms with E-state index in [1.165, 1.54) is 11.4 Å². The molecule has 2 unspecified atom stereocenters. The van der Waals surface area contributed by atoms with Gasteiger partial charge in [0.25, 0.3) is 0 Å². The standard InChI is InChI=1S/C18H24N4O2/c1-3-15-17(19-7-11-23-12-8-19)22-6-2-4-16(22)18(21(15)5-1)20-9-13-24-14-10-20/h1-6,17-18H,7-14H2. The number of nitrogens with zero attached hydrogens (tertiary/aromatic N) is 4. The van der Waals surface area contributed by atoms with Crippen LogP contribution in [0.2, 0.25) is 0 Å². The van der Waals surface area contributed by atoms with E-state index in [9.17, 15) is 0 Å². The minimum absolute atomic E-state index is 0.270. The average molecular weight is 328 g/mol. The minimum Gasteiger partial charge on any atom is -0.379 e. The predicted molar refractivity (Wildman–Crippen MR) is 89.9 cm³/mol. The van der Waals surface area contributed by atoms with Crippen molar-refractivity contribution in [2.45, 2.75) is 12.3 Å². The van der Waals surface area contributed by atoms with Crippen molar-refractivity contribution in [3.05, 3.63) is 48.0 Å². The number of hydrogen-bond acceptors (Lipinski definition) is 4. The predicted octanol–water partition coefficient (Wildman–Crippen LogP) is 1.36. The van der Waals surface area contributed by atoms with E-state index in [0.717, 1.165) is 52.6 Å². The Kier molecular flexibility index (Phi) is 3.70. The van der Waals surface area contributed by atoms with Crippen molar-refractivity contribution in [1.82, 2.24) is 18.9 Å². The van der Waals surface area contributed by atoms with Crippen molar-refractivity contribution in [3.8, 4) is 0 Å². The summed E-state index contributed by atoms with van der Waals surface area (Å²) in [6, 6.07) is 8.92. The SMILES string of the molecule is c1cc2n(c1)C(N1CCOCC1)c1cccn1C2N1CCOCC1. The van der Waals surface area contributed by atoms with E-state index in [0.29, 0.717) is 0 Å². The molecule has 0 aliphatic carbocycles. The molecule has 3 aliphatic rings. The van der Waals surface area contributed by atoms with Crippen molar-refractivity contribution >= 4 is 0 Å². The van der Waals surface area contributed by atoms with E-state index >= 15 is 0 Å². The fourth-order valence-corrected chi connectivity index (χ4v) is 4.35. The fraction of sp³-hybridized carbons (Fsp3) is 0.556. The van der Waals surface area contributed by atoms with Gasteiger partial charge < -0.3 is 18.6 Å². The summed E-state index contributed by atoms with van der Waals surface area (Å²) in [6.45, 7) is 7.21. The summed E-state index contributed by atoms with van der Waals surface area (Å²) in [5.74, 6) is 0. The van der Waals surface area contributed by atoms with Crippen LogP contribution in [0, 0.1) is 0 Å². The van der Waals surface area contributed by atoms with Gasteiger partial charge in [-0.1, -0.05) is 0 Å². The van der Waals surface area contributed by atoms with Crippen LogP contribution in [0.25, 0.3) is 0 Å². The van der Waals surface area contributed by atoms with E-state index < -0.39 is 0 Å². The summed E-state index contributed by atoms with van der Waals surface area (Å²) in [4.78, 5) is 5.07. The van der Waals surface area contributed by atoms with Gasteiger partial charge in [0, 0.05) is 38.6 Å². The van der Waals surface area contributed by atoms with Crippen LogP contribution in [-0.4, -0.2) is 71.5 Å². The lowest BCUT2D eigenvalue weighted by atomic mass is 10.1. The molecule has 2 fully saturated rings. The molecular formula is C18H24N4O2. The molecule has 128 valence electrons. The number of aromatic nitrogens is 2. The smallest absolute Gasteiger partial charge is 0.128 e. The van der Waals surface area contributed by atoms with Crippen molar-refractivity contribution < 1.29 is 9.47 Å². The van der Waals surface area contributed by atoms with Gasteiger partial charge in [0.15, 0.2) is 0 Å². The molecule has 6 heteroatoms. The van der Waals surface area contributed by atoms with Crippen LogP contribution < -0.4 is 0 Å². The van der Waals surface area contributed by atoms with Gasteiger partial charge in [0.2, 0.25) is 0 Å². The van der Waals surface area contributed by atoms with Crippen molar-refractivity contribution in [2.24, 2.45) is 0 Å². The summed E-state index contributed by atoms with van der Waals surface area (Å²) in [5.41, 5.74) is 2.74. The first-order chi connectivity index (χ1) is 11.9. The quantitative estimate of drug-likeness (QED) is 0.834. The molecule has 2 aromatic rings. The van der Waals surface area contributed by atoms with Gasteiger partial charge in [-0.2, -0.15) is 0 Å². The zero-order valence-corrected chi connectivity index (χ0v) is 13.9. The highest BCUT2D eigenvalue weighted by molar-refractivity contribution is 5.27. The van der Waals surface area contributed by atoms with Crippen LogP contribution in [0.4, 0.5) is 0 Å². The molecule has 2 saturated heterocycles. The highest BCUT2D eigenvalue weighted by Crippen LogP contribution is 2.38. The highest BCUT2D eigenvalue weighted by Gasteiger charge is 2.37. The lowest BCUT2D eigenvalue weighted by molar-refractivity contribution is -0.0151. The van der Waals surface area contributed by atoms with E-state index in [1.807, 2.05) is 0 Å². The topological polar surface area (TPSA) is 34.8 Å². The van der Waals surface area contributed by atoms with Crippen molar-refractivity contribution in [1.29, 1.82) is 0 Å². The van der Waals surface area contributed by atoms with E-state index in [-0.39, 0.29) is 12.3 Å². The maximum atomic E-state index is 5.57. The zero-order valence-electron chi connectivity index (χ0n) is 13.9. The molecule has 24 heavy (non-hydrogen) atoms. The molecule has 0 N–H and O–H groups in total. The van der Waals surface area contributed by atoms with Crippen LogP contribution in [0.15, 0.2) is 36.7 Å². The third kappa shape index (κ3) is 2.25. The second-order valence-corrected chi connectivity index (χ2v) is 6.72. The van der Waals surface area contributed by atoms with Crippen LogP contribution in [0.1, 0.15) is 23.7 Å². The monoisotopic (exact) mass is 328 g/mol. The Morgan fingerprint density at radius 2 is 1.08 bits per heavy atom. The molecule has 2 aromatic heterocycles. The maximum Gasteiger partial charge on any atom is 0.128 e. The van der Waals surface area contributed by atoms with Gasteiger partial charge in [0.05, 0.1) is 37.8 Å². The Labute approximate surface area is 142 Å². The molecule has 0 amide bonds. The van der Waals surface area contributed by atoms with Gasteiger partial charge in [0.1, 0.15) is 12.3 Å². The first-order valence-electron chi connectivity index (χ1n) is 8.90. The summed E-state index contributed by atoms with van der Waals surface area (Å²) in [7, 11) is 0. The number of morpholine rings is 2. The van der Waals surface area contributed by atoms with Crippen LogP contribution >= 0.6 is 0 Å². The number of rotatable bonds is 2. The maximum absolute atomic E-state index is 5.57. The highest BCUT2D eigenvalue weighted by atomic mass is 16.5. The van der Waals surface area contributed by atoms with Crippen LogP contribution in [0.3, 0.4) is 0 Å². The molecule has 5 heterocycles. The third-order valence-electron chi connectivity index (χ3n) is 5.46. The van der Waals surface area contributed by atoms with Gasteiger partial charge in [-0.3, -0.25) is 9.80 Å². The number of ether oxygens (including phenoxy) is 2. The Morgan fingerprint density at radius 3 is 1.50 bits per heavy atom. The minimum atomic E-state index is 0.270. The summed E-state index contributed by atoms with van der Waals surface area (Å²) in [6.07, 6.45) is 5.01. The van der Waals surface area contributed by atoms with Gasteiger partial charge in [-0.25, -0.2) is 0 Å². The molecule has 2 atom stereocenters. The Balaban J connectivity index is 1.57. The van der Waals surface area contributed by atoms with Gasteiger partial charge in [-0.05, 0) is 24.3 Å². The molecule has 6 nitrogen and oxygen atoms in total. The molecule has 0 aromatic carbocycles. The van der Waals surface area contributed by atoms with E-state index in [1.54, 1.807) is 0 Å². The van der Waals surface area contributed by atoms with Crippen molar-refractivity contribution in [3.63, 3.8) is 0 Å². The van der Waals surface area contributed by atoms with Crippen LogP contribution in [-0.2, 0) is 9.47 Å². The van der Waals surface area contributed by atoms with Gasteiger partial charge in [-0.15, -0.1) is 0 Å². The molecule has 5 rings (SSSR count).